The minimum atomic E-state index is -0.310. The average Bonchev–Trinajstić information content (AvgIpc) is 3.80. The Morgan fingerprint density at radius 1 is 0.792 bits per heavy atom. The van der Waals surface area contributed by atoms with Gasteiger partial charge in [0.25, 0.3) is 11.8 Å². The van der Waals surface area contributed by atoms with E-state index in [0.717, 1.165) is 92.3 Å². The zero-order valence-electron chi connectivity index (χ0n) is 27.4. The van der Waals surface area contributed by atoms with Crippen LogP contribution in [0.3, 0.4) is 0 Å². The number of aromatic nitrogens is 8. The van der Waals surface area contributed by atoms with Crippen molar-refractivity contribution in [3.05, 3.63) is 59.9 Å². The standard InChI is InChI=1S/C36H40N8O4/c1-22(2)32-37-29-30(44(32)21-23-17-19-24(20-18-23)27-15-9-10-16-28(27)31-38-42-43-39-31)34(48-36(46)26-13-7-4-8-14-26)41-40-33(29)47-35(45)25-11-5-3-6-12-25/h9-10,15-20,22,25-26H,3-8,11-14,21H2,1-2H3,(H,38,39,42,43). The first-order valence-corrected chi connectivity index (χ1v) is 17.1. The number of nitrogens with zero attached hydrogens (tertiary/aromatic N) is 7. The molecule has 0 unspecified atom stereocenters. The maximum Gasteiger partial charge on any atom is 0.315 e. The lowest BCUT2D eigenvalue weighted by Crippen LogP contribution is -2.24. The first-order valence-electron chi connectivity index (χ1n) is 17.1. The number of nitrogens with one attached hydrogen (secondary N) is 1. The van der Waals surface area contributed by atoms with Crippen LogP contribution in [-0.4, -0.2) is 52.3 Å². The van der Waals surface area contributed by atoms with Crippen molar-refractivity contribution in [1.29, 1.82) is 0 Å². The molecule has 3 aromatic heterocycles. The normalized spacial score (nSPS) is 16.0. The van der Waals surface area contributed by atoms with Crippen LogP contribution in [0.2, 0.25) is 0 Å². The molecule has 0 radical (unpaired) electrons. The molecular weight excluding hydrogens is 608 g/mol. The number of carbonyl (C=O) groups excluding carboxylic acids is 2. The predicted octanol–water partition coefficient (Wildman–Crippen LogP) is 6.82. The fraction of sp³-hybridized carbons (Fsp3) is 0.444. The number of rotatable bonds is 9. The number of hydrogen-bond donors (Lipinski definition) is 1. The van der Waals surface area contributed by atoms with E-state index in [4.69, 9.17) is 14.5 Å². The molecule has 12 heteroatoms. The Kier molecular flexibility index (Phi) is 9.22. The van der Waals surface area contributed by atoms with Crippen LogP contribution in [0.1, 0.15) is 95.4 Å². The zero-order valence-corrected chi connectivity index (χ0v) is 27.4. The molecule has 248 valence electrons. The van der Waals surface area contributed by atoms with E-state index in [2.05, 4.69) is 68.9 Å². The number of esters is 2. The van der Waals surface area contributed by atoms with Crippen LogP contribution >= 0.6 is 0 Å². The molecule has 1 N–H and O–H groups in total. The molecule has 0 saturated heterocycles. The topological polar surface area (TPSA) is 151 Å². The Morgan fingerprint density at radius 3 is 2.00 bits per heavy atom. The molecule has 5 aromatic rings. The Morgan fingerprint density at radius 2 is 1.40 bits per heavy atom. The summed E-state index contributed by atoms with van der Waals surface area (Å²) in [6.07, 6.45) is 9.46. The fourth-order valence-corrected chi connectivity index (χ4v) is 6.98. The highest BCUT2D eigenvalue weighted by Crippen LogP contribution is 2.36. The van der Waals surface area contributed by atoms with Gasteiger partial charge < -0.3 is 14.0 Å². The minimum absolute atomic E-state index is 0.00265. The third-order valence-corrected chi connectivity index (χ3v) is 9.56. The highest BCUT2D eigenvalue weighted by molar-refractivity contribution is 5.90. The quantitative estimate of drug-likeness (QED) is 0.169. The van der Waals surface area contributed by atoms with Crippen molar-refractivity contribution >= 4 is 23.0 Å². The number of ether oxygens (including phenoxy) is 2. The highest BCUT2D eigenvalue weighted by Gasteiger charge is 2.30. The van der Waals surface area contributed by atoms with Gasteiger partial charge in [0.2, 0.25) is 0 Å². The van der Waals surface area contributed by atoms with Gasteiger partial charge in [0.15, 0.2) is 11.3 Å². The van der Waals surface area contributed by atoms with Gasteiger partial charge in [0.1, 0.15) is 11.3 Å². The minimum Gasteiger partial charge on any atom is -0.403 e. The summed E-state index contributed by atoms with van der Waals surface area (Å²) in [6, 6.07) is 16.2. The number of aromatic amines is 1. The van der Waals surface area contributed by atoms with Gasteiger partial charge in [-0.3, -0.25) is 9.59 Å². The Labute approximate surface area is 278 Å². The van der Waals surface area contributed by atoms with E-state index < -0.39 is 0 Å². The van der Waals surface area contributed by atoms with E-state index in [-0.39, 0.29) is 41.5 Å². The molecule has 2 aromatic carbocycles. The highest BCUT2D eigenvalue weighted by atomic mass is 16.6. The molecule has 0 bridgehead atoms. The van der Waals surface area contributed by atoms with E-state index in [9.17, 15) is 9.59 Å². The van der Waals surface area contributed by atoms with Gasteiger partial charge in [-0.25, -0.2) is 10.1 Å². The van der Waals surface area contributed by atoms with Gasteiger partial charge in [-0.15, -0.1) is 15.3 Å². The number of hydrogen-bond acceptors (Lipinski definition) is 10. The van der Waals surface area contributed by atoms with Gasteiger partial charge >= 0.3 is 11.9 Å². The molecule has 0 atom stereocenters. The largest absolute Gasteiger partial charge is 0.403 e. The number of carbonyl (C=O) groups is 2. The molecule has 3 heterocycles. The van der Waals surface area contributed by atoms with Crippen molar-refractivity contribution in [2.75, 3.05) is 0 Å². The zero-order chi connectivity index (χ0) is 33.0. The Balaban J connectivity index is 1.26. The third kappa shape index (κ3) is 6.56. The number of tetrazole rings is 1. The summed E-state index contributed by atoms with van der Waals surface area (Å²) in [5, 5.41) is 23.0. The average molecular weight is 649 g/mol. The van der Waals surface area contributed by atoms with E-state index in [1.165, 1.54) is 0 Å². The van der Waals surface area contributed by atoms with Crippen LogP contribution in [0, 0.1) is 11.8 Å². The number of fused-ring (bicyclic) bond motifs is 1. The number of H-pyrrole nitrogens is 1. The molecule has 2 aliphatic rings. The molecule has 0 amide bonds. The third-order valence-electron chi connectivity index (χ3n) is 9.56. The maximum atomic E-state index is 13.4. The lowest BCUT2D eigenvalue weighted by atomic mass is 9.89. The molecule has 48 heavy (non-hydrogen) atoms. The molecule has 2 aliphatic carbocycles. The van der Waals surface area contributed by atoms with Crippen molar-refractivity contribution in [2.24, 2.45) is 11.8 Å². The van der Waals surface area contributed by atoms with Crippen molar-refractivity contribution in [1.82, 2.24) is 40.4 Å². The lowest BCUT2D eigenvalue weighted by Gasteiger charge is -2.20. The monoisotopic (exact) mass is 648 g/mol. The van der Waals surface area contributed by atoms with E-state index >= 15 is 0 Å². The Hall–Kier alpha value is -5.00. The smallest absolute Gasteiger partial charge is 0.315 e. The Bertz CT molecular complexity index is 1890. The molecule has 7 rings (SSSR count). The summed E-state index contributed by atoms with van der Waals surface area (Å²) in [7, 11) is 0. The number of imidazole rings is 1. The first kappa shape index (κ1) is 31.6. The van der Waals surface area contributed by atoms with E-state index in [0.29, 0.717) is 23.4 Å². The van der Waals surface area contributed by atoms with E-state index in [1.807, 2.05) is 28.8 Å². The van der Waals surface area contributed by atoms with Crippen LogP contribution < -0.4 is 9.47 Å². The van der Waals surface area contributed by atoms with Crippen LogP contribution in [-0.2, 0) is 16.1 Å². The SMILES string of the molecule is CC(C)c1nc2c(OC(=O)C3CCCCC3)nnc(OC(=O)C3CCCCC3)c2n1Cc1ccc(-c2ccccc2-c2nnn[nH]2)cc1. The van der Waals surface area contributed by atoms with Crippen molar-refractivity contribution < 1.29 is 19.1 Å². The van der Waals surface area contributed by atoms with Crippen LogP contribution in [0.25, 0.3) is 33.5 Å². The second-order valence-electron chi connectivity index (χ2n) is 13.2. The van der Waals surface area contributed by atoms with Crippen molar-refractivity contribution in [2.45, 2.75) is 90.5 Å². The van der Waals surface area contributed by atoms with Gasteiger partial charge in [-0.05, 0) is 52.8 Å². The summed E-state index contributed by atoms with van der Waals surface area (Å²) in [5.74, 6) is 0.517. The van der Waals surface area contributed by atoms with Crippen molar-refractivity contribution in [3.63, 3.8) is 0 Å². The van der Waals surface area contributed by atoms with Crippen LogP contribution in [0.4, 0.5) is 0 Å². The molecule has 12 nitrogen and oxygen atoms in total. The molecule has 2 saturated carbocycles. The van der Waals surface area contributed by atoms with Crippen molar-refractivity contribution in [3.8, 4) is 34.3 Å². The summed E-state index contributed by atoms with van der Waals surface area (Å²) < 4.78 is 13.9. The van der Waals surface area contributed by atoms with Gasteiger partial charge in [-0.2, -0.15) is 0 Å². The second-order valence-corrected chi connectivity index (χ2v) is 13.2. The summed E-state index contributed by atoms with van der Waals surface area (Å²) >= 11 is 0. The fourth-order valence-electron chi connectivity index (χ4n) is 6.98. The second kappa shape index (κ2) is 14.0. The number of benzene rings is 2. The van der Waals surface area contributed by atoms with Gasteiger partial charge in [0.05, 0.1) is 11.8 Å². The molecule has 0 aliphatic heterocycles. The first-order chi connectivity index (χ1) is 23.5. The van der Waals surface area contributed by atoms with E-state index in [1.54, 1.807) is 0 Å². The van der Waals surface area contributed by atoms with Crippen LogP contribution in [0.5, 0.6) is 11.8 Å². The van der Waals surface area contributed by atoms with Gasteiger partial charge in [0, 0.05) is 18.0 Å². The molecular formula is C36H40N8O4. The molecule has 0 spiro atoms. The molecule has 2 fully saturated rings. The lowest BCUT2D eigenvalue weighted by molar-refractivity contribution is -0.141. The van der Waals surface area contributed by atoms with Gasteiger partial charge in [-0.1, -0.05) is 101 Å². The summed E-state index contributed by atoms with van der Waals surface area (Å²) in [4.78, 5) is 31.5. The van der Waals surface area contributed by atoms with Crippen LogP contribution in [0.15, 0.2) is 48.5 Å². The summed E-state index contributed by atoms with van der Waals surface area (Å²) in [5.41, 5.74) is 4.77. The maximum absolute atomic E-state index is 13.4. The summed E-state index contributed by atoms with van der Waals surface area (Å²) in [6.45, 7) is 4.53. The predicted molar refractivity (Wildman–Crippen MR) is 178 cm³/mol.